The number of pyridine rings is 1. The van der Waals surface area contributed by atoms with E-state index in [1.54, 1.807) is 18.3 Å². The van der Waals surface area contributed by atoms with Crippen molar-refractivity contribution in [3.8, 4) is 0 Å². The lowest BCUT2D eigenvalue weighted by Gasteiger charge is -2.23. The Bertz CT molecular complexity index is 715. The molecular weight excluding hydrogens is 312 g/mol. The maximum Gasteiger partial charge on any atom is 0.175 e. The number of nitrogens with zero attached hydrogens (tertiary/aromatic N) is 2. The van der Waals surface area contributed by atoms with Crippen LogP contribution in [0.1, 0.15) is 24.3 Å². The lowest BCUT2D eigenvalue weighted by molar-refractivity contribution is 0.111. The van der Waals surface area contributed by atoms with Gasteiger partial charge in [-0.1, -0.05) is 25.1 Å². The van der Waals surface area contributed by atoms with Crippen molar-refractivity contribution in [1.82, 2.24) is 9.88 Å². The first kappa shape index (κ1) is 17.6. The van der Waals surface area contributed by atoms with Crippen molar-refractivity contribution < 1.29 is 13.5 Å². The molecular formula is C17H22N2O3S. The number of likely N-dealkylation sites (N-methyl/N-ethyl adjacent to an activating group) is 1. The smallest absolute Gasteiger partial charge is 0.175 e. The average molecular weight is 334 g/mol. The quantitative estimate of drug-likeness (QED) is 0.839. The van der Waals surface area contributed by atoms with Crippen LogP contribution in [-0.2, 0) is 16.4 Å². The highest BCUT2D eigenvalue weighted by Crippen LogP contribution is 2.18. The Kier molecular flexibility index (Phi) is 5.87. The normalized spacial score (nSPS) is 13.2. The van der Waals surface area contributed by atoms with E-state index in [2.05, 4.69) is 9.88 Å². The van der Waals surface area contributed by atoms with Crippen molar-refractivity contribution in [2.45, 2.75) is 24.5 Å². The summed E-state index contributed by atoms with van der Waals surface area (Å²) >= 11 is 0. The van der Waals surface area contributed by atoms with Crippen LogP contribution in [0.15, 0.2) is 53.6 Å². The summed E-state index contributed by atoms with van der Waals surface area (Å²) in [7, 11) is -3.21. The molecule has 1 heterocycles. The third-order valence-electron chi connectivity index (χ3n) is 3.68. The van der Waals surface area contributed by atoms with Crippen LogP contribution in [0.3, 0.4) is 0 Å². The maximum atomic E-state index is 11.5. The predicted octanol–water partition coefficient (Wildman–Crippen LogP) is 2.04. The molecule has 0 spiro atoms. The first-order chi connectivity index (χ1) is 10.9. The molecule has 0 aliphatic carbocycles. The minimum atomic E-state index is -3.21. The molecule has 1 aromatic heterocycles. The van der Waals surface area contributed by atoms with Gasteiger partial charge in [-0.2, -0.15) is 0 Å². The van der Waals surface area contributed by atoms with E-state index in [-0.39, 0.29) is 4.90 Å². The molecule has 1 N–H and O–H groups in total. The van der Waals surface area contributed by atoms with Crippen LogP contribution in [-0.4, -0.2) is 42.8 Å². The Morgan fingerprint density at radius 3 is 2.39 bits per heavy atom. The van der Waals surface area contributed by atoms with Crippen molar-refractivity contribution in [3.05, 3.63) is 59.9 Å². The molecule has 1 aromatic carbocycles. The summed E-state index contributed by atoms with van der Waals surface area (Å²) in [5.74, 6) is 0. The first-order valence-corrected chi connectivity index (χ1v) is 9.39. The zero-order valence-electron chi connectivity index (χ0n) is 13.4. The fraction of sp³-hybridized carbons (Fsp3) is 0.353. The Labute approximate surface area is 137 Å². The number of hydrogen-bond donors (Lipinski definition) is 1. The molecule has 0 radical (unpaired) electrons. The van der Waals surface area contributed by atoms with E-state index in [1.807, 2.05) is 25.1 Å². The monoisotopic (exact) mass is 334 g/mol. The second kappa shape index (κ2) is 7.68. The van der Waals surface area contributed by atoms with Gasteiger partial charge in [-0.25, -0.2) is 8.42 Å². The van der Waals surface area contributed by atoms with Gasteiger partial charge in [-0.3, -0.25) is 9.88 Å². The van der Waals surface area contributed by atoms with Crippen LogP contribution < -0.4 is 0 Å². The van der Waals surface area contributed by atoms with Gasteiger partial charge in [-0.15, -0.1) is 0 Å². The lowest BCUT2D eigenvalue weighted by Crippen LogP contribution is -2.28. The van der Waals surface area contributed by atoms with Crippen LogP contribution in [0, 0.1) is 0 Å². The van der Waals surface area contributed by atoms with Crippen molar-refractivity contribution in [3.63, 3.8) is 0 Å². The highest BCUT2D eigenvalue weighted by atomic mass is 32.2. The lowest BCUT2D eigenvalue weighted by atomic mass is 10.1. The second-order valence-electron chi connectivity index (χ2n) is 5.51. The third-order valence-corrected chi connectivity index (χ3v) is 4.81. The van der Waals surface area contributed by atoms with Crippen LogP contribution >= 0.6 is 0 Å². The van der Waals surface area contributed by atoms with E-state index in [9.17, 15) is 13.5 Å². The molecule has 0 saturated carbocycles. The Morgan fingerprint density at radius 1 is 1.17 bits per heavy atom. The van der Waals surface area contributed by atoms with Crippen LogP contribution in [0.4, 0.5) is 0 Å². The first-order valence-electron chi connectivity index (χ1n) is 7.50. The molecule has 0 amide bonds. The van der Waals surface area contributed by atoms with E-state index in [4.69, 9.17) is 0 Å². The van der Waals surface area contributed by atoms with Gasteiger partial charge in [0, 0.05) is 25.5 Å². The summed E-state index contributed by atoms with van der Waals surface area (Å²) in [5.41, 5.74) is 1.66. The fourth-order valence-electron chi connectivity index (χ4n) is 2.31. The largest absolute Gasteiger partial charge is 0.387 e. The molecule has 0 unspecified atom stereocenters. The van der Waals surface area contributed by atoms with E-state index in [0.717, 1.165) is 12.2 Å². The van der Waals surface area contributed by atoms with E-state index >= 15 is 0 Å². The standard InChI is InChI=1S/C17H22N2O3S/c1-3-19(12-15-6-4-5-11-18-15)13-17(20)14-7-9-16(10-8-14)23(2,21)22/h4-11,17,20H,3,12-13H2,1-2H3/t17-/m0/s1. The minimum absolute atomic E-state index is 0.259. The zero-order chi connectivity index (χ0) is 16.9. The Balaban J connectivity index is 2.03. The van der Waals surface area contributed by atoms with Gasteiger partial charge in [0.2, 0.25) is 0 Å². The number of hydrogen-bond acceptors (Lipinski definition) is 5. The van der Waals surface area contributed by atoms with Crippen LogP contribution in [0.5, 0.6) is 0 Å². The number of aromatic nitrogens is 1. The second-order valence-corrected chi connectivity index (χ2v) is 7.52. The molecule has 0 aliphatic heterocycles. The molecule has 1 atom stereocenters. The van der Waals surface area contributed by atoms with Crippen molar-refractivity contribution in [2.75, 3.05) is 19.3 Å². The summed E-state index contributed by atoms with van der Waals surface area (Å²) < 4.78 is 22.9. The molecule has 23 heavy (non-hydrogen) atoms. The number of aliphatic hydroxyl groups excluding tert-OH is 1. The van der Waals surface area contributed by atoms with Crippen molar-refractivity contribution in [1.29, 1.82) is 0 Å². The molecule has 0 bridgehead atoms. The van der Waals surface area contributed by atoms with Gasteiger partial charge in [0.15, 0.2) is 9.84 Å². The number of rotatable bonds is 7. The summed E-state index contributed by atoms with van der Waals surface area (Å²) in [6.45, 7) is 3.94. The predicted molar refractivity (Wildman–Crippen MR) is 89.7 cm³/mol. The molecule has 124 valence electrons. The van der Waals surface area contributed by atoms with Gasteiger partial charge in [-0.05, 0) is 36.4 Å². The fourth-order valence-corrected chi connectivity index (χ4v) is 2.94. The molecule has 0 fully saturated rings. The van der Waals surface area contributed by atoms with E-state index < -0.39 is 15.9 Å². The van der Waals surface area contributed by atoms with Crippen LogP contribution in [0.25, 0.3) is 0 Å². The zero-order valence-corrected chi connectivity index (χ0v) is 14.2. The van der Waals surface area contributed by atoms with Crippen molar-refractivity contribution in [2.24, 2.45) is 0 Å². The van der Waals surface area contributed by atoms with Gasteiger partial charge < -0.3 is 5.11 Å². The molecule has 6 heteroatoms. The van der Waals surface area contributed by atoms with Gasteiger partial charge in [0.05, 0.1) is 16.7 Å². The topological polar surface area (TPSA) is 70.5 Å². The molecule has 5 nitrogen and oxygen atoms in total. The summed E-state index contributed by atoms with van der Waals surface area (Å²) in [6.07, 6.45) is 2.25. The summed E-state index contributed by atoms with van der Waals surface area (Å²) in [5, 5.41) is 10.4. The molecule has 2 aromatic rings. The molecule has 2 rings (SSSR count). The van der Waals surface area contributed by atoms with E-state index in [1.165, 1.54) is 18.4 Å². The number of benzene rings is 1. The number of aliphatic hydroxyl groups is 1. The molecule has 0 aliphatic rings. The van der Waals surface area contributed by atoms with Gasteiger partial charge in [0.1, 0.15) is 0 Å². The Hall–Kier alpha value is -1.76. The van der Waals surface area contributed by atoms with E-state index in [0.29, 0.717) is 18.7 Å². The Morgan fingerprint density at radius 2 is 1.87 bits per heavy atom. The molecule has 0 saturated heterocycles. The maximum absolute atomic E-state index is 11.5. The third kappa shape index (κ3) is 5.13. The number of sulfone groups is 1. The van der Waals surface area contributed by atoms with Gasteiger partial charge >= 0.3 is 0 Å². The average Bonchev–Trinajstić information content (AvgIpc) is 2.54. The van der Waals surface area contributed by atoms with Gasteiger partial charge in [0.25, 0.3) is 0 Å². The SMILES string of the molecule is CCN(Cc1ccccn1)C[C@H](O)c1ccc(S(C)(=O)=O)cc1. The summed E-state index contributed by atoms with van der Waals surface area (Å²) in [6, 6.07) is 12.2. The summed E-state index contributed by atoms with van der Waals surface area (Å²) in [4.78, 5) is 6.65. The van der Waals surface area contributed by atoms with Crippen molar-refractivity contribution >= 4 is 9.84 Å². The minimum Gasteiger partial charge on any atom is -0.387 e. The highest BCUT2D eigenvalue weighted by Gasteiger charge is 2.14. The van der Waals surface area contributed by atoms with Crippen LogP contribution in [0.2, 0.25) is 0 Å². The highest BCUT2D eigenvalue weighted by molar-refractivity contribution is 7.90.